The molecule has 21 heavy (non-hydrogen) atoms. The molecule has 0 saturated heterocycles. The first-order valence-corrected chi connectivity index (χ1v) is 8.78. The van der Waals surface area contributed by atoms with E-state index in [1.807, 2.05) is 0 Å². The largest absolute Gasteiger partial charge is 0.330 e. The number of amides is 1. The first kappa shape index (κ1) is 17.7. The molecule has 0 aliphatic rings. The van der Waals surface area contributed by atoms with E-state index >= 15 is 0 Å². The molecule has 0 aliphatic heterocycles. The summed E-state index contributed by atoms with van der Waals surface area (Å²) in [6.45, 7) is 2.34. The van der Waals surface area contributed by atoms with Crippen molar-refractivity contribution in [2.75, 3.05) is 22.8 Å². The molecule has 8 heteroatoms. The number of carbonyl (C=O) groups excluding carboxylic acids is 1. The number of sulfonamides is 1. The quantitative estimate of drug-likeness (QED) is 0.710. The Kier molecular flexibility index (Phi) is 6.44. The van der Waals surface area contributed by atoms with Gasteiger partial charge in [0.1, 0.15) is 0 Å². The Hall–Kier alpha value is -1.31. The summed E-state index contributed by atoms with van der Waals surface area (Å²) >= 11 is 6.01. The van der Waals surface area contributed by atoms with E-state index in [-0.39, 0.29) is 11.8 Å². The molecule has 1 aromatic carbocycles. The molecule has 0 radical (unpaired) electrons. The zero-order valence-corrected chi connectivity index (χ0v) is 13.6. The number of nitrogens with one attached hydrogen (secondary N) is 2. The molecule has 0 heterocycles. The van der Waals surface area contributed by atoms with E-state index in [1.54, 1.807) is 6.92 Å². The summed E-state index contributed by atoms with van der Waals surface area (Å²) in [6, 6.07) is 4.53. The van der Waals surface area contributed by atoms with E-state index in [0.29, 0.717) is 29.4 Å². The van der Waals surface area contributed by atoms with Crippen LogP contribution in [0.5, 0.6) is 0 Å². The van der Waals surface area contributed by atoms with Crippen LogP contribution >= 0.6 is 11.6 Å². The molecule has 118 valence electrons. The maximum absolute atomic E-state index is 12.0. The van der Waals surface area contributed by atoms with E-state index in [1.165, 1.54) is 18.2 Å². The molecule has 1 aromatic rings. The zero-order valence-electron chi connectivity index (χ0n) is 12.0. The summed E-state index contributed by atoms with van der Waals surface area (Å²) in [7, 11) is -3.38. The third-order valence-electron chi connectivity index (χ3n) is 2.82. The molecule has 0 bridgehead atoms. The topological polar surface area (TPSA) is 101 Å². The molecule has 1 atom stereocenters. The Balaban J connectivity index is 2.82. The Bertz CT molecular complexity index is 605. The molecule has 0 spiro atoms. The number of benzene rings is 1. The van der Waals surface area contributed by atoms with Crippen molar-refractivity contribution < 1.29 is 13.2 Å². The summed E-state index contributed by atoms with van der Waals surface area (Å²) in [5.74, 6) is -0.377. The minimum Gasteiger partial charge on any atom is -0.330 e. The highest BCUT2D eigenvalue weighted by Gasteiger charge is 2.14. The standard InChI is InChI=1S/C13H20ClN3O3S/c1-9(4-3-7-15)13(18)16-12-8-10(5-6-11(12)14)17-21(2,19)20/h5-6,8-9,17H,3-4,7,15H2,1-2H3,(H,16,18). The van der Waals surface area contributed by atoms with Crippen LogP contribution in [0, 0.1) is 5.92 Å². The maximum atomic E-state index is 12.0. The van der Waals surface area contributed by atoms with Gasteiger partial charge in [-0.2, -0.15) is 0 Å². The van der Waals surface area contributed by atoms with Crippen molar-refractivity contribution in [3.63, 3.8) is 0 Å². The van der Waals surface area contributed by atoms with Crippen LogP contribution in [0.15, 0.2) is 18.2 Å². The molecule has 1 rings (SSSR count). The maximum Gasteiger partial charge on any atom is 0.229 e. The lowest BCUT2D eigenvalue weighted by atomic mass is 10.0. The second-order valence-electron chi connectivity index (χ2n) is 4.89. The molecule has 0 aromatic heterocycles. The predicted molar refractivity (Wildman–Crippen MR) is 86.0 cm³/mol. The first-order valence-electron chi connectivity index (χ1n) is 6.51. The lowest BCUT2D eigenvalue weighted by Crippen LogP contribution is -2.21. The fraction of sp³-hybridized carbons (Fsp3) is 0.462. The normalized spacial score (nSPS) is 12.8. The Morgan fingerprint density at radius 2 is 2.10 bits per heavy atom. The minimum absolute atomic E-state index is 0.179. The SMILES string of the molecule is CC(CCCN)C(=O)Nc1cc(NS(C)(=O)=O)ccc1Cl. The number of anilines is 2. The average Bonchev–Trinajstić information content (AvgIpc) is 2.38. The fourth-order valence-electron chi connectivity index (χ4n) is 1.71. The van der Waals surface area contributed by atoms with Crippen LogP contribution in [0.3, 0.4) is 0 Å². The van der Waals surface area contributed by atoms with E-state index < -0.39 is 10.0 Å². The lowest BCUT2D eigenvalue weighted by molar-refractivity contribution is -0.119. The summed E-state index contributed by atoms with van der Waals surface area (Å²) < 4.78 is 24.7. The molecule has 0 aliphatic carbocycles. The molecule has 4 N–H and O–H groups in total. The number of halogens is 1. The van der Waals surface area contributed by atoms with E-state index in [9.17, 15) is 13.2 Å². The van der Waals surface area contributed by atoms with Crippen molar-refractivity contribution >= 4 is 38.9 Å². The van der Waals surface area contributed by atoms with Gasteiger partial charge in [0.15, 0.2) is 0 Å². The molecule has 6 nitrogen and oxygen atoms in total. The Morgan fingerprint density at radius 1 is 1.43 bits per heavy atom. The van der Waals surface area contributed by atoms with Gasteiger partial charge in [0.2, 0.25) is 15.9 Å². The van der Waals surface area contributed by atoms with Crippen LogP contribution in [0.1, 0.15) is 19.8 Å². The number of nitrogens with two attached hydrogens (primary N) is 1. The smallest absolute Gasteiger partial charge is 0.229 e. The van der Waals surface area contributed by atoms with Crippen LogP contribution in [0.2, 0.25) is 5.02 Å². The number of rotatable bonds is 7. The van der Waals surface area contributed by atoms with Gasteiger partial charge in [-0.05, 0) is 37.6 Å². The minimum atomic E-state index is -3.38. The predicted octanol–water partition coefficient (Wildman–Crippen LogP) is 2.02. The van der Waals surface area contributed by atoms with Crippen molar-refractivity contribution in [1.29, 1.82) is 0 Å². The van der Waals surface area contributed by atoms with Crippen LogP contribution in [0.25, 0.3) is 0 Å². The van der Waals surface area contributed by atoms with Crippen molar-refractivity contribution in [3.05, 3.63) is 23.2 Å². The summed E-state index contributed by atoms with van der Waals surface area (Å²) in [4.78, 5) is 12.0. The molecule has 0 fully saturated rings. The summed E-state index contributed by atoms with van der Waals surface area (Å²) in [6.07, 6.45) is 2.49. The summed E-state index contributed by atoms with van der Waals surface area (Å²) in [5, 5.41) is 3.04. The molecule has 1 amide bonds. The average molecular weight is 334 g/mol. The van der Waals surface area contributed by atoms with E-state index in [2.05, 4.69) is 10.0 Å². The highest BCUT2D eigenvalue weighted by Crippen LogP contribution is 2.26. The van der Waals surface area contributed by atoms with Gasteiger partial charge in [-0.3, -0.25) is 9.52 Å². The van der Waals surface area contributed by atoms with Crippen LogP contribution in [-0.2, 0) is 14.8 Å². The van der Waals surface area contributed by atoms with E-state index in [0.717, 1.165) is 12.7 Å². The van der Waals surface area contributed by atoms with Gasteiger partial charge in [0.05, 0.1) is 22.7 Å². The molecule has 0 saturated carbocycles. The van der Waals surface area contributed by atoms with Gasteiger partial charge in [-0.25, -0.2) is 8.42 Å². The van der Waals surface area contributed by atoms with Gasteiger partial charge in [0.25, 0.3) is 0 Å². The van der Waals surface area contributed by atoms with Crippen LogP contribution in [-0.4, -0.2) is 27.1 Å². The fourth-order valence-corrected chi connectivity index (χ4v) is 2.43. The number of hydrogen-bond donors (Lipinski definition) is 3. The molecular weight excluding hydrogens is 314 g/mol. The van der Waals surface area contributed by atoms with Crippen molar-refractivity contribution in [2.24, 2.45) is 11.7 Å². The van der Waals surface area contributed by atoms with Gasteiger partial charge in [0, 0.05) is 5.92 Å². The van der Waals surface area contributed by atoms with Gasteiger partial charge < -0.3 is 11.1 Å². The van der Waals surface area contributed by atoms with E-state index in [4.69, 9.17) is 17.3 Å². The zero-order chi connectivity index (χ0) is 16.0. The third kappa shape index (κ3) is 6.33. The third-order valence-corrected chi connectivity index (χ3v) is 3.75. The summed E-state index contributed by atoms with van der Waals surface area (Å²) in [5.41, 5.74) is 6.12. The number of hydrogen-bond acceptors (Lipinski definition) is 4. The lowest BCUT2D eigenvalue weighted by Gasteiger charge is -2.14. The van der Waals surface area contributed by atoms with Crippen molar-refractivity contribution in [1.82, 2.24) is 0 Å². The Labute approximate surface area is 130 Å². The second-order valence-corrected chi connectivity index (χ2v) is 7.05. The second kappa shape index (κ2) is 7.63. The van der Waals surface area contributed by atoms with Crippen LogP contribution < -0.4 is 15.8 Å². The van der Waals surface area contributed by atoms with Crippen molar-refractivity contribution in [3.8, 4) is 0 Å². The van der Waals surface area contributed by atoms with Gasteiger partial charge in [-0.1, -0.05) is 18.5 Å². The first-order chi connectivity index (χ1) is 9.73. The van der Waals surface area contributed by atoms with Gasteiger partial charge >= 0.3 is 0 Å². The highest BCUT2D eigenvalue weighted by molar-refractivity contribution is 7.92. The van der Waals surface area contributed by atoms with Gasteiger partial charge in [-0.15, -0.1) is 0 Å². The number of carbonyl (C=O) groups is 1. The van der Waals surface area contributed by atoms with Crippen molar-refractivity contribution in [2.45, 2.75) is 19.8 Å². The molecule has 1 unspecified atom stereocenters. The Morgan fingerprint density at radius 3 is 2.67 bits per heavy atom. The molecular formula is C13H20ClN3O3S. The highest BCUT2D eigenvalue weighted by atomic mass is 35.5. The van der Waals surface area contributed by atoms with Crippen LogP contribution in [0.4, 0.5) is 11.4 Å². The monoisotopic (exact) mass is 333 g/mol.